The maximum atomic E-state index is 12.8. The molecule has 20 heavy (non-hydrogen) atoms. The van der Waals surface area contributed by atoms with Crippen molar-refractivity contribution in [3.63, 3.8) is 0 Å². The van der Waals surface area contributed by atoms with Crippen LogP contribution in [0.4, 0.5) is 18.9 Å². The average Bonchev–Trinajstić information content (AvgIpc) is 2.85. The summed E-state index contributed by atoms with van der Waals surface area (Å²) in [4.78, 5) is 0. The fourth-order valence-corrected chi connectivity index (χ4v) is 3.52. The summed E-state index contributed by atoms with van der Waals surface area (Å²) in [5.41, 5.74) is 3.74. The third-order valence-electron chi connectivity index (χ3n) is 4.61. The van der Waals surface area contributed by atoms with Crippen molar-refractivity contribution >= 4 is 5.69 Å². The van der Waals surface area contributed by atoms with E-state index in [1.165, 1.54) is 17.5 Å². The number of alkyl halides is 3. The molecule has 0 aromatic heterocycles. The number of hydrogen-bond donors (Lipinski definition) is 1. The van der Waals surface area contributed by atoms with Gasteiger partial charge in [-0.1, -0.05) is 12.5 Å². The molecule has 2 unspecified atom stereocenters. The first-order valence-electron chi connectivity index (χ1n) is 7.47. The van der Waals surface area contributed by atoms with Crippen LogP contribution in [0.5, 0.6) is 0 Å². The fourth-order valence-electron chi connectivity index (χ4n) is 3.52. The standard InChI is InChI=1S/C16H20F3N/c17-16(18,19)13-5-2-6-14(10-13)20-15-8-7-11-3-1-4-12(11)9-15/h7-9,13-14,20H,1-6,10H2. The number of anilines is 1. The van der Waals surface area contributed by atoms with E-state index in [1.807, 2.05) is 6.07 Å². The second kappa shape index (κ2) is 5.30. The van der Waals surface area contributed by atoms with Gasteiger partial charge in [-0.25, -0.2) is 0 Å². The van der Waals surface area contributed by atoms with Crippen LogP contribution in [0.15, 0.2) is 18.2 Å². The maximum Gasteiger partial charge on any atom is 0.391 e. The van der Waals surface area contributed by atoms with Gasteiger partial charge < -0.3 is 5.32 Å². The number of halogens is 3. The summed E-state index contributed by atoms with van der Waals surface area (Å²) in [6.07, 6.45) is 1.37. The predicted octanol–water partition coefficient (Wildman–Crippen LogP) is 4.71. The van der Waals surface area contributed by atoms with E-state index in [2.05, 4.69) is 17.4 Å². The number of rotatable bonds is 2. The molecule has 0 amide bonds. The highest BCUT2D eigenvalue weighted by molar-refractivity contribution is 5.50. The van der Waals surface area contributed by atoms with Gasteiger partial charge in [0.2, 0.25) is 0 Å². The van der Waals surface area contributed by atoms with Gasteiger partial charge in [0, 0.05) is 11.7 Å². The zero-order chi connectivity index (χ0) is 14.2. The van der Waals surface area contributed by atoms with Crippen molar-refractivity contribution in [3.8, 4) is 0 Å². The second-order valence-corrected chi connectivity index (χ2v) is 6.08. The molecule has 1 nitrogen and oxygen atoms in total. The van der Waals surface area contributed by atoms with Gasteiger partial charge in [-0.15, -0.1) is 0 Å². The van der Waals surface area contributed by atoms with E-state index >= 15 is 0 Å². The quantitative estimate of drug-likeness (QED) is 0.829. The van der Waals surface area contributed by atoms with Gasteiger partial charge in [0.15, 0.2) is 0 Å². The smallest absolute Gasteiger partial charge is 0.382 e. The third kappa shape index (κ3) is 2.94. The van der Waals surface area contributed by atoms with E-state index in [4.69, 9.17) is 0 Å². The zero-order valence-electron chi connectivity index (χ0n) is 11.5. The summed E-state index contributed by atoms with van der Waals surface area (Å²) in [6, 6.07) is 6.21. The van der Waals surface area contributed by atoms with Crippen LogP contribution in [-0.4, -0.2) is 12.2 Å². The van der Waals surface area contributed by atoms with E-state index in [1.54, 1.807) is 0 Å². The largest absolute Gasteiger partial charge is 0.391 e. The average molecular weight is 283 g/mol. The molecule has 110 valence electrons. The van der Waals surface area contributed by atoms with Crippen LogP contribution in [0.2, 0.25) is 0 Å². The van der Waals surface area contributed by atoms with Crippen LogP contribution in [0.1, 0.15) is 43.2 Å². The minimum absolute atomic E-state index is 0.0465. The van der Waals surface area contributed by atoms with Crippen molar-refractivity contribution in [3.05, 3.63) is 29.3 Å². The SMILES string of the molecule is FC(F)(F)C1CCCC(Nc2ccc3c(c2)CCC3)C1. The van der Waals surface area contributed by atoms with Crippen molar-refractivity contribution in [2.45, 2.75) is 57.2 Å². The molecule has 4 heteroatoms. The summed E-state index contributed by atoms with van der Waals surface area (Å²) in [7, 11) is 0. The van der Waals surface area contributed by atoms with E-state index in [-0.39, 0.29) is 18.9 Å². The Kier molecular flexibility index (Phi) is 3.65. The molecule has 1 fully saturated rings. The zero-order valence-corrected chi connectivity index (χ0v) is 11.5. The molecule has 0 aliphatic heterocycles. The molecule has 0 saturated heterocycles. The molecule has 2 aliphatic rings. The van der Waals surface area contributed by atoms with Gasteiger partial charge in [0.05, 0.1) is 5.92 Å². The molecule has 0 heterocycles. The highest BCUT2D eigenvalue weighted by atomic mass is 19.4. The Morgan fingerprint density at radius 1 is 1.00 bits per heavy atom. The van der Waals surface area contributed by atoms with Crippen LogP contribution >= 0.6 is 0 Å². The summed E-state index contributed by atoms with van der Waals surface area (Å²) in [6.45, 7) is 0. The van der Waals surface area contributed by atoms with Crippen molar-refractivity contribution in [2.75, 3.05) is 5.32 Å². The molecule has 2 atom stereocenters. The molecule has 2 aliphatic carbocycles. The monoisotopic (exact) mass is 283 g/mol. The molecule has 0 spiro atoms. The molecule has 3 rings (SSSR count). The fraction of sp³-hybridized carbons (Fsp3) is 0.625. The molecule has 0 bridgehead atoms. The van der Waals surface area contributed by atoms with Crippen LogP contribution in [0, 0.1) is 5.92 Å². The van der Waals surface area contributed by atoms with Gasteiger partial charge in [0.25, 0.3) is 0 Å². The molecule has 1 aromatic carbocycles. The van der Waals surface area contributed by atoms with Gasteiger partial charge in [0.1, 0.15) is 0 Å². The number of benzene rings is 1. The van der Waals surface area contributed by atoms with Crippen molar-refractivity contribution < 1.29 is 13.2 Å². The minimum atomic E-state index is -4.04. The number of nitrogens with one attached hydrogen (secondary N) is 1. The van der Waals surface area contributed by atoms with Crippen LogP contribution in [-0.2, 0) is 12.8 Å². The molecular formula is C16H20F3N. The lowest BCUT2D eigenvalue weighted by atomic mass is 9.85. The lowest BCUT2D eigenvalue weighted by molar-refractivity contribution is -0.182. The first kappa shape index (κ1) is 13.8. The Labute approximate surface area is 117 Å². The summed E-state index contributed by atoms with van der Waals surface area (Å²) in [5.74, 6) is -1.14. The Morgan fingerprint density at radius 3 is 2.60 bits per heavy atom. The molecule has 1 saturated carbocycles. The van der Waals surface area contributed by atoms with E-state index in [9.17, 15) is 13.2 Å². The van der Waals surface area contributed by atoms with Gasteiger partial charge in [-0.3, -0.25) is 0 Å². The third-order valence-corrected chi connectivity index (χ3v) is 4.61. The molecular weight excluding hydrogens is 263 g/mol. The van der Waals surface area contributed by atoms with E-state index < -0.39 is 12.1 Å². The number of fused-ring (bicyclic) bond motifs is 1. The Balaban J connectivity index is 1.65. The summed E-state index contributed by atoms with van der Waals surface area (Å²) < 4.78 is 38.4. The Morgan fingerprint density at radius 2 is 1.80 bits per heavy atom. The normalized spacial score (nSPS) is 26.4. The van der Waals surface area contributed by atoms with Gasteiger partial charge >= 0.3 is 6.18 Å². The number of aryl methyl sites for hydroxylation is 2. The molecule has 1 N–H and O–H groups in total. The van der Waals surface area contributed by atoms with Crippen LogP contribution < -0.4 is 5.32 Å². The first-order chi connectivity index (χ1) is 9.52. The van der Waals surface area contributed by atoms with Gasteiger partial charge in [-0.05, 0) is 61.8 Å². The maximum absolute atomic E-state index is 12.8. The minimum Gasteiger partial charge on any atom is -0.382 e. The number of hydrogen-bond acceptors (Lipinski definition) is 1. The van der Waals surface area contributed by atoms with Gasteiger partial charge in [-0.2, -0.15) is 13.2 Å². The van der Waals surface area contributed by atoms with Crippen molar-refractivity contribution in [1.82, 2.24) is 0 Å². The van der Waals surface area contributed by atoms with Crippen LogP contribution in [0.3, 0.4) is 0 Å². The lowest BCUT2D eigenvalue weighted by Gasteiger charge is -2.31. The lowest BCUT2D eigenvalue weighted by Crippen LogP contribution is -2.34. The van der Waals surface area contributed by atoms with E-state index in [0.29, 0.717) is 6.42 Å². The predicted molar refractivity (Wildman–Crippen MR) is 73.9 cm³/mol. The van der Waals surface area contributed by atoms with Crippen LogP contribution in [0.25, 0.3) is 0 Å². The molecule has 0 radical (unpaired) electrons. The molecule has 1 aromatic rings. The summed E-state index contributed by atoms with van der Waals surface area (Å²) in [5, 5.41) is 3.31. The highest BCUT2D eigenvalue weighted by Crippen LogP contribution is 2.38. The first-order valence-corrected chi connectivity index (χ1v) is 7.47. The topological polar surface area (TPSA) is 12.0 Å². The highest BCUT2D eigenvalue weighted by Gasteiger charge is 2.42. The second-order valence-electron chi connectivity index (χ2n) is 6.08. The van der Waals surface area contributed by atoms with Crippen molar-refractivity contribution in [1.29, 1.82) is 0 Å². The van der Waals surface area contributed by atoms with Crippen molar-refractivity contribution in [2.24, 2.45) is 5.92 Å². The Hall–Kier alpha value is -1.19. The summed E-state index contributed by atoms with van der Waals surface area (Å²) >= 11 is 0. The Bertz CT molecular complexity index is 481. The van der Waals surface area contributed by atoms with E-state index in [0.717, 1.165) is 24.9 Å².